The largest absolute Gasteiger partial charge is 0.467 e. The molecule has 0 saturated carbocycles. The maximum Gasteiger partial charge on any atom is 0.337 e. The molecule has 0 aliphatic heterocycles. The molecule has 0 heterocycles. The second-order valence-electron chi connectivity index (χ2n) is 7.44. The normalized spacial score (nSPS) is 14.9. The van der Waals surface area contributed by atoms with Gasteiger partial charge in [0.25, 0.3) is 0 Å². The molecule has 0 unspecified atom stereocenters. The van der Waals surface area contributed by atoms with Gasteiger partial charge < -0.3 is 24.8 Å². The number of aliphatic hydroxyl groups is 3. The number of hydrogen-bond donors (Lipinski definition) is 3. The number of ether oxygens (including phenoxy) is 2. The molecule has 0 fully saturated rings. The number of aliphatic hydroxyl groups excluding tert-OH is 3. The van der Waals surface area contributed by atoms with Crippen LogP contribution in [0, 0.1) is 0 Å². The van der Waals surface area contributed by atoms with E-state index >= 15 is 0 Å². The number of carbonyl (C=O) groups is 2. The summed E-state index contributed by atoms with van der Waals surface area (Å²) in [6, 6.07) is 0. The Labute approximate surface area is 175 Å². The lowest BCUT2D eigenvalue weighted by molar-refractivity contribution is -0.173. The van der Waals surface area contributed by atoms with Gasteiger partial charge in [0, 0.05) is 5.57 Å². The quantitative estimate of drug-likeness (QED) is 0.190. The van der Waals surface area contributed by atoms with E-state index in [2.05, 4.69) is 11.7 Å². The van der Waals surface area contributed by atoms with E-state index in [0.717, 1.165) is 26.4 Å². The second kappa shape index (κ2) is 17.4. The highest BCUT2D eigenvalue weighted by Gasteiger charge is 2.34. The summed E-state index contributed by atoms with van der Waals surface area (Å²) >= 11 is 0. The van der Waals surface area contributed by atoms with Crippen LogP contribution in [0.2, 0.25) is 0 Å². The standard InChI is InChI=1S/C22H40O7/c1-4-5-6-7-8-9-10-11-12-13-14-15-17(2)21(26)29-18(16-23)19(24)20(25)22(27)28-3/h15,18-20,23-25H,4-14,16H2,1-3H3/b17-15+/t18-,19+,20-/m0/s1. The fourth-order valence-electron chi connectivity index (χ4n) is 2.94. The first-order valence-corrected chi connectivity index (χ1v) is 10.8. The molecule has 3 atom stereocenters. The molecule has 3 N–H and O–H groups in total. The molecule has 0 aromatic heterocycles. The molecular weight excluding hydrogens is 376 g/mol. The predicted octanol–water partition coefficient (Wildman–Crippen LogP) is 3.04. The van der Waals surface area contributed by atoms with Crippen molar-refractivity contribution in [3.63, 3.8) is 0 Å². The van der Waals surface area contributed by atoms with Gasteiger partial charge in [-0.3, -0.25) is 0 Å². The van der Waals surface area contributed by atoms with Crippen LogP contribution in [-0.4, -0.2) is 59.3 Å². The van der Waals surface area contributed by atoms with Crippen molar-refractivity contribution >= 4 is 11.9 Å². The number of hydrogen-bond acceptors (Lipinski definition) is 7. The topological polar surface area (TPSA) is 113 Å². The number of carbonyl (C=O) groups excluding carboxylic acids is 2. The maximum atomic E-state index is 12.1. The second-order valence-corrected chi connectivity index (χ2v) is 7.44. The minimum absolute atomic E-state index is 0.360. The van der Waals surface area contributed by atoms with Crippen LogP contribution >= 0.6 is 0 Å². The number of methoxy groups -OCH3 is 1. The Morgan fingerprint density at radius 3 is 1.93 bits per heavy atom. The molecule has 0 aliphatic carbocycles. The molecular formula is C22H40O7. The van der Waals surface area contributed by atoms with Gasteiger partial charge in [0.15, 0.2) is 12.2 Å². The van der Waals surface area contributed by atoms with Crippen LogP contribution in [0.3, 0.4) is 0 Å². The van der Waals surface area contributed by atoms with Crippen LogP contribution in [0.15, 0.2) is 11.6 Å². The van der Waals surface area contributed by atoms with E-state index in [4.69, 9.17) is 4.74 Å². The fourth-order valence-corrected chi connectivity index (χ4v) is 2.94. The SMILES string of the molecule is CCCCCCCCCCCC/C=C(\C)C(=O)O[C@@H](CO)[C@@H](O)[C@H](O)C(=O)OC. The Hall–Kier alpha value is -1.44. The molecule has 0 amide bonds. The van der Waals surface area contributed by atoms with Crippen LogP contribution in [0.25, 0.3) is 0 Å². The van der Waals surface area contributed by atoms with Crippen molar-refractivity contribution in [1.29, 1.82) is 0 Å². The number of unbranched alkanes of at least 4 members (excludes halogenated alkanes) is 10. The molecule has 7 nitrogen and oxygen atoms in total. The lowest BCUT2D eigenvalue weighted by Gasteiger charge is -2.24. The van der Waals surface area contributed by atoms with Crippen LogP contribution < -0.4 is 0 Å². The third-order valence-corrected chi connectivity index (χ3v) is 4.92. The van der Waals surface area contributed by atoms with Crippen LogP contribution in [0.4, 0.5) is 0 Å². The summed E-state index contributed by atoms with van der Waals surface area (Å²) in [5.41, 5.74) is 0.360. The van der Waals surface area contributed by atoms with Gasteiger partial charge in [-0.25, -0.2) is 9.59 Å². The molecule has 0 aromatic carbocycles. The molecule has 0 bridgehead atoms. The summed E-state index contributed by atoms with van der Waals surface area (Å²) in [5, 5.41) is 28.8. The first-order valence-electron chi connectivity index (χ1n) is 10.8. The Morgan fingerprint density at radius 1 is 0.931 bits per heavy atom. The first-order chi connectivity index (χ1) is 13.9. The van der Waals surface area contributed by atoms with Crippen molar-refractivity contribution in [3.8, 4) is 0 Å². The monoisotopic (exact) mass is 416 g/mol. The Morgan fingerprint density at radius 2 is 1.45 bits per heavy atom. The van der Waals surface area contributed by atoms with E-state index in [9.17, 15) is 24.9 Å². The van der Waals surface area contributed by atoms with Gasteiger partial charge in [-0.15, -0.1) is 0 Å². The summed E-state index contributed by atoms with van der Waals surface area (Å²) < 4.78 is 9.33. The smallest absolute Gasteiger partial charge is 0.337 e. The van der Waals surface area contributed by atoms with Gasteiger partial charge in [0.2, 0.25) is 0 Å². The molecule has 170 valence electrons. The van der Waals surface area contributed by atoms with Gasteiger partial charge in [-0.05, 0) is 19.8 Å². The van der Waals surface area contributed by atoms with Gasteiger partial charge >= 0.3 is 11.9 Å². The van der Waals surface area contributed by atoms with E-state index in [1.807, 2.05) is 0 Å². The molecule has 0 spiro atoms. The highest BCUT2D eigenvalue weighted by molar-refractivity contribution is 5.87. The molecule has 0 radical (unpaired) electrons. The van der Waals surface area contributed by atoms with Crippen molar-refractivity contribution in [2.45, 2.75) is 103 Å². The van der Waals surface area contributed by atoms with Crippen molar-refractivity contribution in [3.05, 3.63) is 11.6 Å². The summed E-state index contributed by atoms with van der Waals surface area (Å²) in [7, 11) is 1.05. The number of rotatable bonds is 17. The zero-order valence-corrected chi connectivity index (χ0v) is 18.3. The Balaban J connectivity index is 4.09. The summed E-state index contributed by atoms with van der Waals surface area (Å²) in [4.78, 5) is 23.3. The molecule has 0 aliphatic rings. The average Bonchev–Trinajstić information content (AvgIpc) is 2.73. The minimum atomic E-state index is -1.90. The number of esters is 2. The summed E-state index contributed by atoms with van der Waals surface area (Å²) in [6.07, 6.45) is 9.82. The van der Waals surface area contributed by atoms with Crippen LogP contribution in [0.5, 0.6) is 0 Å². The van der Waals surface area contributed by atoms with E-state index in [1.54, 1.807) is 13.0 Å². The fraction of sp³-hybridized carbons (Fsp3) is 0.818. The average molecular weight is 417 g/mol. The van der Waals surface area contributed by atoms with Crippen molar-refractivity contribution < 1.29 is 34.4 Å². The van der Waals surface area contributed by atoms with Gasteiger partial charge in [-0.1, -0.05) is 70.8 Å². The van der Waals surface area contributed by atoms with E-state index in [-0.39, 0.29) is 0 Å². The van der Waals surface area contributed by atoms with Gasteiger partial charge in [0.1, 0.15) is 6.10 Å². The van der Waals surface area contributed by atoms with Crippen molar-refractivity contribution in [1.82, 2.24) is 0 Å². The highest BCUT2D eigenvalue weighted by atomic mass is 16.6. The predicted molar refractivity (Wildman–Crippen MR) is 111 cm³/mol. The molecule has 0 saturated heterocycles. The first kappa shape index (κ1) is 27.6. The third-order valence-electron chi connectivity index (χ3n) is 4.92. The summed E-state index contributed by atoms with van der Waals surface area (Å²) in [6.45, 7) is 3.09. The zero-order chi connectivity index (χ0) is 22.1. The van der Waals surface area contributed by atoms with Crippen molar-refractivity contribution in [2.75, 3.05) is 13.7 Å². The Kier molecular flexibility index (Phi) is 16.6. The molecule has 0 rings (SSSR count). The lowest BCUT2D eigenvalue weighted by atomic mass is 10.1. The number of allylic oxidation sites excluding steroid dienone is 1. The highest BCUT2D eigenvalue weighted by Crippen LogP contribution is 2.13. The van der Waals surface area contributed by atoms with Gasteiger partial charge in [0.05, 0.1) is 13.7 Å². The zero-order valence-electron chi connectivity index (χ0n) is 18.3. The van der Waals surface area contributed by atoms with E-state index in [1.165, 1.54) is 51.4 Å². The minimum Gasteiger partial charge on any atom is -0.467 e. The maximum absolute atomic E-state index is 12.1. The molecule has 7 heteroatoms. The third kappa shape index (κ3) is 12.7. The Bertz CT molecular complexity index is 476. The van der Waals surface area contributed by atoms with E-state index in [0.29, 0.717) is 5.57 Å². The van der Waals surface area contributed by atoms with E-state index < -0.39 is 36.9 Å². The molecule has 0 aromatic rings. The van der Waals surface area contributed by atoms with Gasteiger partial charge in [-0.2, -0.15) is 0 Å². The van der Waals surface area contributed by atoms with Crippen LogP contribution in [0.1, 0.15) is 84.5 Å². The molecule has 29 heavy (non-hydrogen) atoms. The van der Waals surface area contributed by atoms with Crippen molar-refractivity contribution in [2.24, 2.45) is 0 Å². The lowest BCUT2D eigenvalue weighted by Crippen LogP contribution is -2.46. The van der Waals surface area contributed by atoms with Crippen LogP contribution in [-0.2, 0) is 19.1 Å². The summed E-state index contributed by atoms with van der Waals surface area (Å²) in [5.74, 6) is -1.77.